The number of halogens is 1. The lowest BCUT2D eigenvalue weighted by atomic mass is 10.2. The maximum Gasteiger partial charge on any atom is 0.251 e. The van der Waals surface area contributed by atoms with Crippen LogP contribution in [0.4, 0.5) is 10.1 Å². The Bertz CT molecular complexity index is 928. The van der Waals surface area contributed by atoms with Crippen molar-refractivity contribution in [2.45, 2.75) is 19.6 Å². The van der Waals surface area contributed by atoms with Gasteiger partial charge in [-0.3, -0.25) is 0 Å². The van der Waals surface area contributed by atoms with E-state index in [4.69, 9.17) is 13.9 Å². The molecule has 1 aliphatic rings. The minimum absolute atomic E-state index is 0.143. The van der Waals surface area contributed by atoms with Crippen LogP contribution in [0.3, 0.4) is 0 Å². The number of para-hydroxylation sites is 2. The Balaban J connectivity index is 1.62. The highest BCUT2D eigenvalue weighted by atomic mass is 19.1. The van der Waals surface area contributed by atoms with Crippen LogP contribution < -0.4 is 14.4 Å². The van der Waals surface area contributed by atoms with Crippen LogP contribution in [-0.2, 0) is 6.54 Å². The van der Waals surface area contributed by atoms with Crippen molar-refractivity contribution in [2.75, 3.05) is 18.6 Å². The Morgan fingerprint density at radius 3 is 2.88 bits per heavy atom. The first-order valence-corrected chi connectivity index (χ1v) is 8.31. The Kier molecular flexibility index (Phi) is 4.20. The van der Waals surface area contributed by atoms with Crippen LogP contribution in [0.15, 0.2) is 46.9 Å². The maximum atomic E-state index is 14.0. The molecule has 0 aliphatic carbocycles. The molecule has 26 heavy (non-hydrogen) atoms. The summed E-state index contributed by atoms with van der Waals surface area (Å²) in [6, 6.07) is 12.3. The molecule has 0 saturated carbocycles. The van der Waals surface area contributed by atoms with Crippen molar-refractivity contribution in [2.24, 2.45) is 0 Å². The Labute approximate surface area is 150 Å². The molecule has 1 aromatic heterocycles. The number of benzene rings is 2. The molecule has 0 bridgehead atoms. The van der Waals surface area contributed by atoms with E-state index in [1.807, 2.05) is 42.2 Å². The average molecular weight is 355 g/mol. The summed E-state index contributed by atoms with van der Waals surface area (Å²) in [7, 11) is 1.59. The predicted molar refractivity (Wildman–Crippen MR) is 93.8 cm³/mol. The number of fused-ring (bicyclic) bond motifs is 1. The molecule has 0 radical (unpaired) electrons. The van der Waals surface area contributed by atoms with Crippen LogP contribution in [0, 0.1) is 5.82 Å². The monoisotopic (exact) mass is 355 g/mol. The lowest BCUT2D eigenvalue weighted by Crippen LogP contribution is -2.38. The fraction of sp³-hybridized carbons (Fsp3) is 0.263. The fourth-order valence-electron chi connectivity index (χ4n) is 3.07. The third-order valence-electron chi connectivity index (χ3n) is 4.21. The van der Waals surface area contributed by atoms with Crippen molar-refractivity contribution in [1.82, 2.24) is 10.2 Å². The number of aromatic nitrogens is 2. The maximum absolute atomic E-state index is 14.0. The van der Waals surface area contributed by atoms with Crippen LogP contribution in [0.2, 0.25) is 0 Å². The second kappa shape index (κ2) is 6.67. The van der Waals surface area contributed by atoms with Crippen LogP contribution in [0.1, 0.15) is 12.8 Å². The van der Waals surface area contributed by atoms with Gasteiger partial charge in [-0.05, 0) is 31.2 Å². The van der Waals surface area contributed by atoms with E-state index >= 15 is 0 Å². The smallest absolute Gasteiger partial charge is 0.251 e. The van der Waals surface area contributed by atoms with Gasteiger partial charge in [0.05, 0.1) is 31.5 Å². The average Bonchev–Trinajstić information content (AvgIpc) is 3.11. The number of ether oxygens (including phenoxy) is 2. The topological polar surface area (TPSA) is 60.6 Å². The van der Waals surface area contributed by atoms with E-state index in [0.29, 0.717) is 36.3 Å². The van der Waals surface area contributed by atoms with Crippen LogP contribution >= 0.6 is 0 Å². The van der Waals surface area contributed by atoms with Gasteiger partial charge in [0.15, 0.2) is 11.6 Å². The summed E-state index contributed by atoms with van der Waals surface area (Å²) < 4.78 is 30.8. The Hall–Kier alpha value is -3.09. The van der Waals surface area contributed by atoms with Gasteiger partial charge in [0.1, 0.15) is 11.9 Å². The summed E-state index contributed by atoms with van der Waals surface area (Å²) >= 11 is 0. The zero-order valence-corrected chi connectivity index (χ0v) is 14.5. The van der Waals surface area contributed by atoms with Gasteiger partial charge in [-0.25, -0.2) is 4.39 Å². The zero-order chi connectivity index (χ0) is 18.1. The minimum atomic E-state index is -0.376. The SMILES string of the molecule is COc1ccccc1-c1nnc(CN2C[C@@H](C)Oc3c(F)cccc32)o1. The molecule has 0 N–H and O–H groups in total. The van der Waals surface area contributed by atoms with E-state index in [2.05, 4.69) is 10.2 Å². The van der Waals surface area contributed by atoms with Gasteiger partial charge in [-0.2, -0.15) is 0 Å². The first-order valence-electron chi connectivity index (χ1n) is 8.31. The van der Waals surface area contributed by atoms with Crippen molar-refractivity contribution in [1.29, 1.82) is 0 Å². The molecule has 1 atom stereocenters. The van der Waals surface area contributed by atoms with Gasteiger partial charge < -0.3 is 18.8 Å². The lowest BCUT2D eigenvalue weighted by Gasteiger charge is -2.34. The summed E-state index contributed by atoms with van der Waals surface area (Å²) in [5.74, 6) is 1.37. The third kappa shape index (κ3) is 2.96. The van der Waals surface area contributed by atoms with E-state index in [-0.39, 0.29) is 17.7 Å². The number of nitrogens with zero attached hydrogens (tertiary/aromatic N) is 3. The molecule has 4 rings (SSSR count). The fourth-order valence-corrected chi connectivity index (χ4v) is 3.07. The van der Waals surface area contributed by atoms with Crippen molar-refractivity contribution >= 4 is 5.69 Å². The molecule has 6 nitrogen and oxygen atoms in total. The molecule has 0 amide bonds. The molecule has 1 aliphatic heterocycles. The van der Waals surface area contributed by atoms with E-state index in [1.165, 1.54) is 6.07 Å². The summed E-state index contributed by atoms with van der Waals surface area (Å²) in [6.07, 6.45) is -0.143. The molecule has 0 fully saturated rings. The van der Waals surface area contributed by atoms with Crippen molar-refractivity contribution in [3.8, 4) is 23.0 Å². The standard InChI is InChI=1S/C19H18FN3O3/c1-12-10-23(15-8-5-7-14(20)18(15)25-12)11-17-21-22-19(26-17)13-6-3-4-9-16(13)24-2/h3-9,12H,10-11H2,1-2H3/t12-/m1/s1. The normalized spacial score (nSPS) is 16.1. The highest BCUT2D eigenvalue weighted by Gasteiger charge is 2.27. The summed E-state index contributed by atoms with van der Waals surface area (Å²) in [4.78, 5) is 1.98. The number of rotatable bonds is 4. The quantitative estimate of drug-likeness (QED) is 0.712. The van der Waals surface area contributed by atoms with Gasteiger partial charge in [-0.15, -0.1) is 10.2 Å². The highest BCUT2D eigenvalue weighted by molar-refractivity contribution is 5.63. The molecule has 7 heteroatoms. The number of methoxy groups -OCH3 is 1. The van der Waals surface area contributed by atoms with E-state index in [0.717, 1.165) is 5.56 Å². The second-order valence-electron chi connectivity index (χ2n) is 6.10. The summed E-state index contributed by atoms with van der Waals surface area (Å²) in [5, 5.41) is 8.26. The second-order valence-corrected chi connectivity index (χ2v) is 6.10. The van der Waals surface area contributed by atoms with Crippen molar-refractivity contribution in [3.63, 3.8) is 0 Å². The predicted octanol–water partition coefficient (Wildman–Crippen LogP) is 3.67. The summed E-state index contributed by atoms with van der Waals surface area (Å²) in [5.41, 5.74) is 1.41. The van der Waals surface area contributed by atoms with Crippen molar-refractivity contribution < 1.29 is 18.3 Å². The van der Waals surface area contributed by atoms with Gasteiger partial charge in [0.2, 0.25) is 5.89 Å². The molecule has 2 aromatic carbocycles. The Morgan fingerprint density at radius 2 is 2.04 bits per heavy atom. The lowest BCUT2D eigenvalue weighted by molar-refractivity contribution is 0.201. The van der Waals surface area contributed by atoms with Gasteiger partial charge in [-0.1, -0.05) is 18.2 Å². The van der Waals surface area contributed by atoms with Gasteiger partial charge in [0, 0.05) is 0 Å². The molecular weight excluding hydrogens is 337 g/mol. The molecule has 0 spiro atoms. The van der Waals surface area contributed by atoms with Gasteiger partial charge in [0.25, 0.3) is 5.89 Å². The first-order chi connectivity index (χ1) is 12.7. The highest BCUT2D eigenvalue weighted by Crippen LogP contribution is 2.36. The number of anilines is 1. The van der Waals surface area contributed by atoms with E-state index in [9.17, 15) is 4.39 Å². The molecule has 2 heterocycles. The zero-order valence-electron chi connectivity index (χ0n) is 14.5. The first kappa shape index (κ1) is 16.4. The number of hydrogen-bond donors (Lipinski definition) is 0. The Morgan fingerprint density at radius 1 is 1.19 bits per heavy atom. The minimum Gasteiger partial charge on any atom is -0.496 e. The van der Waals surface area contributed by atoms with Crippen molar-refractivity contribution in [3.05, 3.63) is 54.2 Å². The number of hydrogen-bond acceptors (Lipinski definition) is 6. The van der Waals surface area contributed by atoms with E-state index in [1.54, 1.807) is 13.2 Å². The van der Waals surface area contributed by atoms with Gasteiger partial charge >= 0.3 is 0 Å². The largest absolute Gasteiger partial charge is 0.496 e. The van der Waals surface area contributed by atoms with Crippen LogP contribution in [-0.4, -0.2) is 30.0 Å². The van der Waals surface area contributed by atoms with E-state index < -0.39 is 0 Å². The molecule has 134 valence electrons. The van der Waals surface area contributed by atoms with Crippen LogP contribution in [0.25, 0.3) is 11.5 Å². The molecule has 3 aromatic rings. The third-order valence-corrected chi connectivity index (χ3v) is 4.21. The molecular formula is C19H18FN3O3. The van der Waals surface area contributed by atoms with Crippen LogP contribution in [0.5, 0.6) is 11.5 Å². The summed E-state index contributed by atoms with van der Waals surface area (Å²) in [6.45, 7) is 2.87. The molecule has 0 saturated heterocycles. The molecule has 0 unspecified atom stereocenters.